The van der Waals surface area contributed by atoms with E-state index in [1.807, 2.05) is 13.0 Å². The van der Waals surface area contributed by atoms with Crippen molar-refractivity contribution in [1.82, 2.24) is 19.7 Å². The summed E-state index contributed by atoms with van der Waals surface area (Å²) in [5.41, 5.74) is 7.95. The third-order valence-electron chi connectivity index (χ3n) is 2.58. The van der Waals surface area contributed by atoms with Gasteiger partial charge in [-0.25, -0.2) is 9.97 Å². The number of aryl methyl sites for hydroxylation is 1. The zero-order chi connectivity index (χ0) is 13.5. The van der Waals surface area contributed by atoms with E-state index in [2.05, 4.69) is 58.4 Å². The summed E-state index contributed by atoms with van der Waals surface area (Å²) in [6, 6.07) is 1.87. The van der Waals surface area contributed by atoms with Crippen molar-refractivity contribution in [2.45, 2.75) is 33.1 Å². The lowest BCUT2D eigenvalue weighted by Crippen LogP contribution is -2.14. The Morgan fingerprint density at radius 1 is 1.28 bits per heavy atom. The number of nitrogen functional groups attached to an aromatic ring is 1. The van der Waals surface area contributed by atoms with Crippen LogP contribution in [0.15, 0.2) is 12.4 Å². The quantitative estimate of drug-likeness (QED) is 0.796. The number of halogens is 1. The average Bonchev–Trinajstić information content (AvgIpc) is 2.55. The van der Waals surface area contributed by atoms with E-state index in [-0.39, 0.29) is 5.41 Å². The predicted molar refractivity (Wildman–Crippen MR) is 79.7 cm³/mol. The first kappa shape index (κ1) is 13.3. The molecule has 2 heterocycles. The molecular formula is C12H16IN5. The molecule has 2 aromatic rings. The second-order valence-corrected chi connectivity index (χ2v) is 6.31. The minimum atomic E-state index is -0.0437. The van der Waals surface area contributed by atoms with Gasteiger partial charge in [-0.1, -0.05) is 20.8 Å². The molecule has 2 N–H and O–H groups in total. The highest BCUT2D eigenvalue weighted by Gasteiger charge is 2.25. The summed E-state index contributed by atoms with van der Waals surface area (Å²) in [7, 11) is 0. The summed E-state index contributed by atoms with van der Waals surface area (Å²) in [6.45, 7) is 8.27. The second-order valence-electron chi connectivity index (χ2n) is 5.23. The number of rotatable bonds is 1. The fourth-order valence-corrected chi connectivity index (χ4v) is 2.77. The van der Waals surface area contributed by atoms with E-state index in [0.29, 0.717) is 11.6 Å². The van der Waals surface area contributed by atoms with Crippen molar-refractivity contribution in [3.63, 3.8) is 0 Å². The van der Waals surface area contributed by atoms with Gasteiger partial charge in [0.15, 0.2) is 5.82 Å². The monoisotopic (exact) mass is 357 g/mol. The summed E-state index contributed by atoms with van der Waals surface area (Å²) in [5, 5.41) is 4.59. The van der Waals surface area contributed by atoms with Crippen LogP contribution in [0.2, 0.25) is 0 Å². The molecular weight excluding hydrogens is 341 g/mol. The van der Waals surface area contributed by atoms with Crippen molar-refractivity contribution in [3.8, 4) is 5.82 Å². The molecule has 18 heavy (non-hydrogen) atoms. The molecule has 0 saturated carbocycles. The van der Waals surface area contributed by atoms with Crippen LogP contribution in [0.3, 0.4) is 0 Å². The molecule has 5 nitrogen and oxygen atoms in total. The Hall–Kier alpha value is -1.18. The zero-order valence-corrected chi connectivity index (χ0v) is 13.1. The molecule has 0 aromatic carbocycles. The van der Waals surface area contributed by atoms with Crippen molar-refractivity contribution < 1.29 is 0 Å². The van der Waals surface area contributed by atoms with Crippen LogP contribution in [0, 0.1) is 10.5 Å². The van der Waals surface area contributed by atoms with E-state index >= 15 is 0 Å². The van der Waals surface area contributed by atoms with Gasteiger partial charge in [-0.2, -0.15) is 9.78 Å². The van der Waals surface area contributed by atoms with Crippen LogP contribution in [-0.4, -0.2) is 19.7 Å². The lowest BCUT2D eigenvalue weighted by atomic mass is 9.92. The van der Waals surface area contributed by atoms with Crippen molar-refractivity contribution in [1.29, 1.82) is 0 Å². The first-order valence-electron chi connectivity index (χ1n) is 5.64. The Morgan fingerprint density at radius 3 is 2.44 bits per heavy atom. The van der Waals surface area contributed by atoms with Crippen molar-refractivity contribution >= 4 is 28.4 Å². The molecule has 6 heteroatoms. The summed E-state index contributed by atoms with van der Waals surface area (Å²) in [6.07, 6.45) is 1.52. The first-order valence-corrected chi connectivity index (χ1v) is 6.72. The van der Waals surface area contributed by atoms with Gasteiger partial charge in [-0.15, -0.1) is 0 Å². The molecule has 0 amide bonds. The third-order valence-corrected chi connectivity index (χ3v) is 3.64. The fraction of sp³-hybridized carbons (Fsp3) is 0.417. The molecule has 0 atom stereocenters. The van der Waals surface area contributed by atoms with Gasteiger partial charge >= 0.3 is 0 Å². The number of aromatic nitrogens is 4. The Balaban J connectivity index is 2.60. The SMILES string of the molecule is Cc1cc(-n2nc(C(C)(C)C)c(I)c2N)ncn1. The molecule has 0 bridgehead atoms. The first-order chi connectivity index (χ1) is 8.30. The smallest absolute Gasteiger partial charge is 0.159 e. The number of hydrogen-bond acceptors (Lipinski definition) is 4. The van der Waals surface area contributed by atoms with E-state index < -0.39 is 0 Å². The average molecular weight is 357 g/mol. The minimum Gasteiger partial charge on any atom is -0.383 e. The lowest BCUT2D eigenvalue weighted by molar-refractivity contribution is 0.557. The van der Waals surface area contributed by atoms with Crippen LogP contribution >= 0.6 is 22.6 Å². The molecule has 0 aliphatic heterocycles. The molecule has 2 aromatic heterocycles. The molecule has 0 unspecified atom stereocenters. The van der Waals surface area contributed by atoms with Gasteiger partial charge in [0.25, 0.3) is 0 Å². The Kier molecular flexibility index (Phi) is 3.31. The van der Waals surface area contributed by atoms with E-state index in [4.69, 9.17) is 5.73 Å². The Morgan fingerprint density at radius 2 is 1.94 bits per heavy atom. The van der Waals surface area contributed by atoms with E-state index in [1.54, 1.807) is 4.68 Å². The zero-order valence-electron chi connectivity index (χ0n) is 10.9. The van der Waals surface area contributed by atoms with E-state index in [0.717, 1.165) is 15.0 Å². The van der Waals surface area contributed by atoms with Crippen molar-refractivity contribution in [2.24, 2.45) is 0 Å². The van der Waals surface area contributed by atoms with Crippen LogP contribution in [0.5, 0.6) is 0 Å². The van der Waals surface area contributed by atoms with Crippen LogP contribution in [0.25, 0.3) is 5.82 Å². The van der Waals surface area contributed by atoms with Crippen molar-refractivity contribution in [3.05, 3.63) is 27.4 Å². The lowest BCUT2D eigenvalue weighted by Gasteiger charge is -2.15. The summed E-state index contributed by atoms with van der Waals surface area (Å²) >= 11 is 2.23. The highest BCUT2D eigenvalue weighted by atomic mass is 127. The summed E-state index contributed by atoms with van der Waals surface area (Å²) in [4.78, 5) is 8.29. The maximum absolute atomic E-state index is 6.11. The van der Waals surface area contributed by atoms with Crippen molar-refractivity contribution in [2.75, 3.05) is 5.73 Å². The summed E-state index contributed by atoms with van der Waals surface area (Å²) in [5.74, 6) is 1.33. The normalized spacial score (nSPS) is 11.8. The van der Waals surface area contributed by atoms with Gasteiger partial charge in [-0.3, -0.25) is 0 Å². The maximum atomic E-state index is 6.11. The predicted octanol–water partition coefficient (Wildman–Crippen LogP) is 2.46. The number of hydrogen-bond donors (Lipinski definition) is 1. The van der Waals surface area contributed by atoms with Crippen LogP contribution in [0.1, 0.15) is 32.2 Å². The molecule has 0 aliphatic rings. The molecule has 96 valence electrons. The highest BCUT2D eigenvalue weighted by Crippen LogP contribution is 2.30. The molecule has 0 radical (unpaired) electrons. The van der Waals surface area contributed by atoms with Crippen LogP contribution in [0.4, 0.5) is 5.82 Å². The Bertz CT molecular complexity index is 583. The molecule has 0 fully saturated rings. The number of nitrogens with zero attached hydrogens (tertiary/aromatic N) is 4. The van der Waals surface area contributed by atoms with E-state index in [9.17, 15) is 0 Å². The van der Waals surface area contributed by atoms with Gasteiger partial charge < -0.3 is 5.73 Å². The molecule has 0 spiro atoms. The largest absolute Gasteiger partial charge is 0.383 e. The van der Waals surface area contributed by atoms with Crippen LogP contribution < -0.4 is 5.73 Å². The Labute approximate surface area is 120 Å². The standard InChI is InChI=1S/C12H16IN5/c1-7-5-8(16-6-15-7)18-11(14)9(13)10(17-18)12(2,3)4/h5-6H,14H2,1-4H3. The van der Waals surface area contributed by atoms with Gasteiger partial charge in [0, 0.05) is 17.2 Å². The summed E-state index contributed by atoms with van der Waals surface area (Å²) < 4.78 is 2.66. The molecule has 0 saturated heterocycles. The highest BCUT2D eigenvalue weighted by molar-refractivity contribution is 14.1. The maximum Gasteiger partial charge on any atom is 0.159 e. The van der Waals surface area contributed by atoms with Crippen LogP contribution in [-0.2, 0) is 5.41 Å². The molecule has 0 aliphatic carbocycles. The van der Waals surface area contributed by atoms with Gasteiger partial charge in [0.2, 0.25) is 0 Å². The van der Waals surface area contributed by atoms with Gasteiger partial charge in [-0.05, 0) is 29.5 Å². The fourth-order valence-electron chi connectivity index (χ4n) is 1.62. The van der Waals surface area contributed by atoms with Gasteiger partial charge in [0.05, 0.1) is 9.26 Å². The second kappa shape index (κ2) is 4.49. The number of nitrogens with two attached hydrogens (primary N) is 1. The molecule has 2 rings (SSSR count). The van der Waals surface area contributed by atoms with E-state index in [1.165, 1.54) is 6.33 Å². The third kappa shape index (κ3) is 2.33. The minimum absolute atomic E-state index is 0.0437. The van der Waals surface area contributed by atoms with Gasteiger partial charge in [0.1, 0.15) is 12.1 Å². The number of anilines is 1. The topological polar surface area (TPSA) is 69.6 Å².